The largest absolute Gasteiger partial charge is 0.493 e. The number of pyridine rings is 1. The fourth-order valence-electron chi connectivity index (χ4n) is 3.99. The number of rotatable bonds is 8. The monoisotopic (exact) mass is 411 g/mol. The lowest BCUT2D eigenvalue weighted by atomic mass is 9.85. The topological polar surface area (TPSA) is 74.6 Å². The van der Waals surface area contributed by atoms with Gasteiger partial charge in [-0.15, -0.1) is 0 Å². The Hall–Kier alpha value is -2.73. The molecule has 6 nitrogen and oxygen atoms in total. The van der Waals surface area contributed by atoms with Gasteiger partial charge in [-0.2, -0.15) is 0 Å². The standard InChI is InChI=1S/C24H29NO5/c1-14(2)21-9-17-10-24(30-8-6-7-29-5)18(15(3)26)11-19(17)22-12-23(28)20(16(4)27)13-25(21)22/h10-14,21H,6-9H2,1-5H3. The number of benzene rings is 1. The van der Waals surface area contributed by atoms with Crippen molar-refractivity contribution < 1.29 is 19.1 Å². The van der Waals surface area contributed by atoms with E-state index in [1.807, 2.05) is 16.7 Å². The smallest absolute Gasteiger partial charge is 0.192 e. The van der Waals surface area contributed by atoms with Crippen molar-refractivity contribution in [1.82, 2.24) is 4.57 Å². The van der Waals surface area contributed by atoms with E-state index in [1.165, 1.54) is 19.9 Å². The molecular weight excluding hydrogens is 382 g/mol. The van der Waals surface area contributed by atoms with Gasteiger partial charge in [-0.1, -0.05) is 13.8 Å². The molecule has 0 fully saturated rings. The van der Waals surface area contributed by atoms with E-state index in [4.69, 9.17) is 9.47 Å². The third kappa shape index (κ3) is 4.24. The molecule has 0 saturated heterocycles. The number of hydrogen-bond acceptors (Lipinski definition) is 5. The molecule has 0 aliphatic carbocycles. The van der Waals surface area contributed by atoms with E-state index in [2.05, 4.69) is 13.8 Å². The first kappa shape index (κ1) is 22.0. The van der Waals surface area contributed by atoms with Crippen LogP contribution in [0.15, 0.2) is 29.2 Å². The quantitative estimate of drug-likeness (QED) is 0.483. The van der Waals surface area contributed by atoms with Crippen LogP contribution in [0.5, 0.6) is 5.75 Å². The Morgan fingerprint density at radius 3 is 2.40 bits per heavy atom. The highest BCUT2D eigenvalue weighted by Gasteiger charge is 2.29. The minimum atomic E-state index is -0.298. The summed E-state index contributed by atoms with van der Waals surface area (Å²) in [6, 6.07) is 5.36. The summed E-state index contributed by atoms with van der Waals surface area (Å²) >= 11 is 0. The van der Waals surface area contributed by atoms with Gasteiger partial charge < -0.3 is 14.0 Å². The van der Waals surface area contributed by atoms with Crippen LogP contribution in [0.1, 0.15) is 66.4 Å². The van der Waals surface area contributed by atoms with E-state index in [0.717, 1.165) is 29.7 Å². The van der Waals surface area contributed by atoms with Crippen LogP contribution in [0.3, 0.4) is 0 Å². The summed E-state index contributed by atoms with van der Waals surface area (Å²) in [6.45, 7) is 8.21. The molecule has 160 valence electrons. The molecule has 0 amide bonds. The number of Topliss-reactive ketones (excluding diaryl/α,β-unsaturated/α-hetero) is 2. The minimum Gasteiger partial charge on any atom is -0.493 e. The molecule has 1 aliphatic rings. The average Bonchev–Trinajstić information content (AvgIpc) is 2.69. The normalized spacial score (nSPS) is 14.9. The van der Waals surface area contributed by atoms with Gasteiger partial charge in [-0.05, 0) is 43.9 Å². The van der Waals surface area contributed by atoms with Crippen molar-refractivity contribution in [3.63, 3.8) is 0 Å². The highest BCUT2D eigenvalue weighted by Crippen LogP contribution is 2.40. The number of hydrogen-bond donors (Lipinski definition) is 0. The first-order valence-corrected chi connectivity index (χ1v) is 10.3. The van der Waals surface area contributed by atoms with Gasteiger partial charge in [-0.25, -0.2) is 0 Å². The summed E-state index contributed by atoms with van der Waals surface area (Å²) in [5.41, 5.74) is 3.00. The van der Waals surface area contributed by atoms with E-state index < -0.39 is 0 Å². The SMILES string of the molecule is COCCCOc1cc2c(cc1C(C)=O)-c1cc(=O)c(C(C)=O)cn1C(C(C)C)C2. The maximum atomic E-state index is 12.6. The lowest BCUT2D eigenvalue weighted by Crippen LogP contribution is -2.28. The van der Waals surface area contributed by atoms with E-state index >= 15 is 0 Å². The van der Waals surface area contributed by atoms with Gasteiger partial charge in [0.15, 0.2) is 17.0 Å². The molecule has 1 unspecified atom stereocenters. The maximum Gasteiger partial charge on any atom is 0.192 e. The molecule has 1 aromatic carbocycles. The molecule has 0 saturated carbocycles. The van der Waals surface area contributed by atoms with Gasteiger partial charge in [0.1, 0.15) is 5.75 Å². The maximum absolute atomic E-state index is 12.6. The van der Waals surface area contributed by atoms with Crippen molar-refractivity contribution >= 4 is 11.6 Å². The van der Waals surface area contributed by atoms with Gasteiger partial charge in [0.2, 0.25) is 0 Å². The number of ketones is 2. The third-order valence-electron chi connectivity index (χ3n) is 5.63. The molecule has 0 bridgehead atoms. The summed E-state index contributed by atoms with van der Waals surface area (Å²) in [5.74, 6) is 0.515. The first-order chi connectivity index (χ1) is 14.2. The zero-order valence-electron chi connectivity index (χ0n) is 18.3. The highest BCUT2D eigenvalue weighted by atomic mass is 16.5. The summed E-state index contributed by atoms with van der Waals surface area (Å²) in [7, 11) is 1.64. The van der Waals surface area contributed by atoms with Crippen molar-refractivity contribution in [2.45, 2.75) is 46.6 Å². The zero-order valence-corrected chi connectivity index (χ0v) is 18.3. The van der Waals surface area contributed by atoms with Crippen LogP contribution >= 0.6 is 0 Å². The van der Waals surface area contributed by atoms with Crippen LogP contribution in [0.4, 0.5) is 0 Å². The Kier molecular flexibility index (Phi) is 6.56. The van der Waals surface area contributed by atoms with E-state index in [-0.39, 0.29) is 34.5 Å². The predicted octanol–water partition coefficient (Wildman–Crippen LogP) is 4.09. The Morgan fingerprint density at radius 1 is 1.10 bits per heavy atom. The van der Waals surface area contributed by atoms with Gasteiger partial charge in [0.05, 0.1) is 23.4 Å². The van der Waals surface area contributed by atoms with Gasteiger partial charge in [0.25, 0.3) is 0 Å². The van der Waals surface area contributed by atoms with E-state index in [1.54, 1.807) is 13.3 Å². The van der Waals surface area contributed by atoms with E-state index in [9.17, 15) is 14.4 Å². The average molecular weight is 411 g/mol. The van der Waals surface area contributed by atoms with Crippen molar-refractivity contribution in [2.75, 3.05) is 20.3 Å². The number of nitrogens with zero attached hydrogens (tertiary/aromatic N) is 1. The second kappa shape index (κ2) is 8.96. The number of carbonyl (C=O) groups is 2. The first-order valence-electron chi connectivity index (χ1n) is 10.3. The van der Waals surface area contributed by atoms with Crippen LogP contribution in [0.25, 0.3) is 11.3 Å². The molecule has 6 heteroatoms. The molecule has 0 spiro atoms. The fourth-order valence-corrected chi connectivity index (χ4v) is 3.99. The molecule has 1 atom stereocenters. The second-order valence-electron chi connectivity index (χ2n) is 8.17. The highest BCUT2D eigenvalue weighted by molar-refractivity contribution is 5.99. The lowest BCUT2D eigenvalue weighted by molar-refractivity contribution is 0.100. The number of carbonyl (C=O) groups excluding carboxylic acids is 2. The fraction of sp³-hybridized carbons (Fsp3) is 0.458. The molecule has 0 radical (unpaired) electrons. The third-order valence-corrected chi connectivity index (χ3v) is 5.63. The van der Waals surface area contributed by atoms with Gasteiger partial charge in [0, 0.05) is 44.0 Å². The Morgan fingerprint density at radius 2 is 1.80 bits per heavy atom. The van der Waals surface area contributed by atoms with E-state index in [0.29, 0.717) is 24.5 Å². The van der Waals surface area contributed by atoms with Crippen molar-refractivity contribution in [3.8, 4) is 17.0 Å². The number of fused-ring (bicyclic) bond motifs is 3. The van der Waals surface area contributed by atoms with Gasteiger partial charge in [-0.3, -0.25) is 14.4 Å². The summed E-state index contributed by atoms with van der Waals surface area (Å²) in [4.78, 5) is 36.8. The molecule has 1 aliphatic heterocycles. The van der Waals surface area contributed by atoms with Crippen LogP contribution < -0.4 is 10.2 Å². The van der Waals surface area contributed by atoms with Gasteiger partial charge >= 0.3 is 0 Å². The molecule has 2 aromatic rings. The number of aromatic nitrogens is 1. The molecule has 3 rings (SSSR count). The van der Waals surface area contributed by atoms with Crippen LogP contribution in [-0.2, 0) is 11.2 Å². The van der Waals surface area contributed by atoms with Crippen molar-refractivity contribution in [2.24, 2.45) is 5.92 Å². The molecular formula is C24H29NO5. The Balaban J connectivity index is 2.15. The van der Waals surface area contributed by atoms with Crippen molar-refractivity contribution in [3.05, 3.63) is 51.3 Å². The predicted molar refractivity (Wildman–Crippen MR) is 116 cm³/mol. The second-order valence-corrected chi connectivity index (χ2v) is 8.17. The zero-order chi connectivity index (χ0) is 22.0. The number of methoxy groups -OCH3 is 1. The Labute approximate surface area is 176 Å². The molecule has 2 heterocycles. The number of ether oxygens (including phenoxy) is 2. The van der Waals surface area contributed by atoms with Crippen LogP contribution in [0, 0.1) is 5.92 Å². The molecule has 1 aromatic heterocycles. The summed E-state index contributed by atoms with van der Waals surface area (Å²) in [5, 5.41) is 0. The van der Waals surface area contributed by atoms with Crippen LogP contribution in [0.2, 0.25) is 0 Å². The summed E-state index contributed by atoms with van der Waals surface area (Å²) in [6.07, 6.45) is 3.13. The van der Waals surface area contributed by atoms with Crippen LogP contribution in [-0.4, -0.2) is 36.5 Å². The van der Waals surface area contributed by atoms with Crippen molar-refractivity contribution in [1.29, 1.82) is 0 Å². The lowest BCUT2D eigenvalue weighted by Gasteiger charge is -2.34. The molecule has 30 heavy (non-hydrogen) atoms. The molecule has 0 N–H and O–H groups in total. The summed E-state index contributed by atoms with van der Waals surface area (Å²) < 4.78 is 13.0. The minimum absolute atomic E-state index is 0.0933. The Bertz CT molecular complexity index is 1030.